The first-order chi connectivity index (χ1) is 8.00. The Morgan fingerprint density at radius 3 is 1.24 bits per heavy atom. The summed E-state index contributed by atoms with van der Waals surface area (Å²) < 4.78 is 82.0. The Kier molecular flexibility index (Phi) is 8.88. The number of alkyl halides is 1. The predicted molar refractivity (Wildman–Crippen MR) is 41.5 cm³/mol. The van der Waals surface area contributed by atoms with Crippen LogP contribution in [0.3, 0.4) is 0 Å². The molecule has 0 spiro atoms. The minimum Gasteiger partial charge on any atom is -0.307 e. The molecule has 0 radical (unpaired) electrons. The van der Waals surface area contributed by atoms with Crippen molar-refractivity contribution in [2.45, 2.75) is 6.67 Å². The third-order valence-electron chi connectivity index (χ3n) is 1.43. The lowest BCUT2D eigenvalue weighted by Crippen LogP contribution is -2.05. The average molecular weight is 266 g/mol. The molecular formula is C8H5F7O2. The molecule has 0 saturated carbocycles. The number of hydrogen-bond acceptors (Lipinski definition) is 2. The Balaban J connectivity index is 0. The molecule has 17 heavy (non-hydrogen) atoms. The fraction of sp³-hybridized carbons (Fsp3) is 0.125. The van der Waals surface area contributed by atoms with E-state index in [1.807, 2.05) is 6.79 Å². The quantitative estimate of drug-likeness (QED) is 0.482. The SMILES string of the molecule is C=O.FCc1c(F)c(F)c(F)c(F)c1F.OF. The van der Waals surface area contributed by atoms with Crippen LogP contribution in [0.1, 0.15) is 5.56 Å². The summed E-state index contributed by atoms with van der Waals surface area (Å²) in [5, 5.41) is 5.50. The molecule has 1 aromatic rings. The number of carbonyl (C=O) groups excluding carboxylic acids is 1. The van der Waals surface area contributed by atoms with Gasteiger partial charge in [0.2, 0.25) is 5.82 Å². The topological polar surface area (TPSA) is 37.3 Å². The number of benzene rings is 1. The van der Waals surface area contributed by atoms with Crippen molar-refractivity contribution in [1.82, 2.24) is 0 Å². The van der Waals surface area contributed by atoms with Crippen LogP contribution >= 0.6 is 0 Å². The molecule has 9 heteroatoms. The molecule has 1 N–H and O–H groups in total. The van der Waals surface area contributed by atoms with Gasteiger partial charge in [-0.2, -0.15) is 0 Å². The minimum atomic E-state index is -2.28. The lowest BCUT2D eigenvalue weighted by molar-refractivity contribution is -0.0979. The number of carbonyl (C=O) groups is 1. The molecule has 0 aliphatic carbocycles. The van der Waals surface area contributed by atoms with E-state index in [2.05, 4.69) is 0 Å². The van der Waals surface area contributed by atoms with Crippen LogP contribution in [0.15, 0.2) is 0 Å². The van der Waals surface area contributed by atoms with Crippen molar-refractivity contribution in [2.24, 2.45) is 0 Å². The summed E-state index contributed by atoms with van der Waals surface area (Å²) in [7, 11) is 0. The van der Waals surface area contributed by atoms with Crippen LogP contribution in [0.4, 0.5) is 30.9 Å². The first-order valence-corrected chi connectivity index (χ1v) is 3.52. The van der Waals surface area contributed by atoms with E-state index in [9.17, 15) is 26.3 Å². The Morgan fingerprint density at radius 1 is 0.765 bits per heavy atom. The summed E-state index contributed by atoms with van der Waals surface area (Å²) in [6, 6.07) is 0. The van der Waals surface area contributed by atoms with Crippen LogP contribution in [-0.4, -0.2) is 12.1 Å². The van der Waals surface area contributed by atoms with E-state index in [0.717, 1.165) is 0 Å². The fourth-order valence-corrected chi connectivity index (χ4v) is 0.768. The third-order valence-corrected chi connectivity index (χ3v) is 1.43. The Labute approximate surface area is 90.2 Å². The standard InChI is InChI=1S/C7H2F6.CH2O.FHO/c8-1-2-3(9)5(11)7(13)6(12)4(2)10;2*1-2/h1H2;1H2;2H. The highest BCUT2D eigenvalue weighted by molar-refractivity contribution is 5.23. The lowest BCUT2D eigenvalue weighted by Gasteiger charge is -2.03. The van der Waals surface area contributed by atoms with Crippen LogP contribution in [-0.2, 0) is 11.5 Å². The van der Waals surface area contributed by atoms with Gasteiger partial charge in [0, 0.05) is 0 Å². The highest BCUT2D eigenvalue weighted by Gasteiger charge is 2.25. The predicted octanol–water partition coefficient (Wildman–Crippen LogP) is 2.53. The highest BCUT2D eigenvalue weighted by Crippen LogP contribution is 2.23. The van der Waals surface area contributed by atoms with Gasteiger partial charge in [-0.3, -0.25) is 0 Å². The van der Waals surface area contributed by atoms with Gasteiger partial charge in [-0.15, -0.1) is 0 Å². The van der Waals surface area contributed by atoms with Crippen LogP contribution in [0.25, 0.3) is 0 Å². The van der Waals surface area contributed by atoms with Crippen molar-refractivity contribution in [3.05, 3.63) is 34.6 Å². The van der Waals surface area contributed by atoms with Crippen molar-refractivity contribution >= 4 is 6.79 Å². The summed E-state index contributed by atoms with van der Waals surface area (Å²) in [4.78, 5) is 8.00. The molecule has 0 atom stereocenters. The number of halogens is 7. The van der Waals surface area contributed by atoms with Crippen LogP contribution < -0.4 is 0 Å². The van der Waals surface area contributed by atoms with E-state index in [4.69, 9.17) is 14.6 Å². The molecule has 98 valence electrons. The first-order valence-electron chi connectivity index (χ1n) is 3.52. The molecule has 0 fully saturated rings. The van der Waals surface area contributed by atoms with Crippen LogP contribution in [0.5, 0.6) is 0 Å². The van der Waals surface area contributed by atoms with Gasteiger partial charge in [-0.25, -0.2) is 31.7 Å². The average Bonchev–Trinajstić information content (AvgIpc) is 2.39. The van der Waals surface area contributed by atoms with Gasteiger partial charge in [0.1, 0.15) is 13.5 Å². The van der Waals surface area contributed by atoms with Crippen molar-refractivity contribution in [1.29, 1.82) is 0 Å². The zero-order valence-corrected chi connectivity index (χ0v) is 7.92. The second-order valence-electron chi connectivity index (χ2n) is 2.18. The smallest absolute Gasteiger partial charge is 0.200 e. The molecule has 1 aromatic carbocycles. The van der Waals surface area contributed by atoms with Gasteiger partial charge in [-0.1, -0.05) is 4.53 Å². The molecule has 0 aromatic heterocycles. The summed E-state index contributed by atoms with van der Waals surface area (Å²) in [5.41, 5.74) is -1.45. The zero-order valence-electron chi connectivity index (χ0n) is 7.92. The number of hydrogen-bond donors (Lipinski definition) is 1. The summed E-state index contributed by atoms with van der Waals surface area (Å²) in [5.74, 6) is -10.8. The Hall–Kier alpha value is -1.64. The second kappa shape index (κ2) is 8.50. The largest absolute Gasteiger partial charge is 0.307 e. The van der Waals surface area contributed by atoms with Gasteiger partial charge in [0.05, 0.1) is 5.56 Å². The van der Waals surface area contributed by atoms with Gasteiger partial charge in [0.15, 0.2) is 23.3 Å². The molecule has 0 aliphatic rings. The van der Waals surface area contributed by atoms with Gasteiger partial charge >= 0.3 is 0 Å². The maximum Gasteiger partial charge on any atom is 0.200 e. The van der Waals surface area contributed by atoms with Crippen molar-refractivity contribution in [3.63, 3.8) is 0 Å². The zero-order chi connectivity index (χ0) is 14.2. The summed E-state index contributed by atoms with van der Waals surface area (Å²) >= 11 is 0. The van der Waals surface area contributed by atoms with Crippen molar-refractivity contribution < 1.29 is 41.0 Å². The van der Waals surface area contributed by atoms with Crippen LogP contribution in [0, 0.1) is 29.1 Å². The van der Waals surface area contributed by atoms with Crippen molar-refractivity contribution in [2.75, 3.05) is 0 Å². The monoisotopic (exact) mass is 266 g/mol. The van der Waals surface area contributed by atoms with Crippen molar-refractivity contribution in [3.8, 4) is 0 Å². The molecule has 1 rings (SSSR count). The second-order valence-corrected chi connectivity index (χ2v) is 2.18. The summed E-state index contributed by atoms with van der Waals surface area (Å²) in [6.07, 6.45) is 0. The maximum absolute atomic E-state index is 12.4. The van der Waals surface area contributed by atoms with E-state index in [-0.39, 0.29) is 0 Å². The Bertz CT molecular complexity index is 340. The molecule has 0 aliphatic heterocycles. The molecule has 0 bridgehead atoms. The van der Waals surface area contributed by atoms with E-state index in [1.165, 1.54) is 0 Å². The summed E-state index contributed by atoms with van der Waals surface area (Å²) in [6.45, 7) is 0.256. The van der Waals surface area contributed by atoms with E-state index < -0.39 is 41.3 Å². The lowest BCUT2D eigenvalue weighted by atomic mass is 10.2. The van der Waals surface area contributed by atoms with E-state index in [0.29, 0.717) is 0 Å². The van der Waals surface area contributed by atoms with E-state index >= 15 is 0 Å². The molecule has 0 heterocycles. The van der Waals surface area contributed by atoms with Gasteiger partial charge < -0.3 is 4.79 Å². The first kappa shape index (κ1) is 17.7. The maximum atomic E-state index is 12.4. The molecule has 0 saturated heterocycles. The highest BCUT2D eigenvalue weighted by atomic mass is 19.3. The number of rotatable bonds is 1. The molecular weight excluding hydrogens is 261 g/mol. The fourth-order valence-electron chi connectivity index (χ4n) is 0.768. The molecule has 0 amide bonds. The van der Waals surface area contributed by atoms with E-state index in [1.54, 1.807) is 0 Å². The molecule has 0 unspecified atom stereocenters. The van der Waals surface area contributed by atoms with Gasteiger partial charge in [-0.05, 0) is 0 Å². The Morgan fingerprint density at radius 2 is 1.00 bits per heavy atom. The normalized spacial score (nSPS) is 8.71. The van der Waals surface area contributed by atoms with Gasteiger partial charge in [0.25, 0.3) is 0 Å². The van der Waals surface area contributed by atoms with Crippen LogP contribution in [0.2, 0.25) is 0 Å². The minimum absolute atomic E-state index is 1.45. The molecule has 2 nitrogen and oxygen atoms in total. The third kappa shape index (κ3) is 3.70.